The van der Waals surface area contributed by atoms with Gasteiger partial charge in [-0.15, -0.1) is 11.6 Å². The van der Waals surface area contributed by atoms with Crippen molar-refractivity contribution in [1.82, 2.24) is 5.32 Å². The zero-order chi connectivity index (χ0) is 10.8. The lowest BCUT2D eigenvalue weighted by Crippen LogP contribution is -2.36. The summed E-state index contributed by atoms with van der Waals surface area (Å²) >= 11 is 5.66. The maximum atomic E-state index is 11.7. The Morgan fingerprint density at radius 1 is 1.64 bits per heavy atom. The number of hydrogen-bond donors (Lipinski definition) is 1. The van der Waals surface area contributed by atoms with Crippen LogP contribution in [0.2, 0.25) is 0 Å². The summed E-state index contributed by atoms with van der Waals surface area (Å²) in [6.07, 6.45) is 2.86. The van der Waals surface area contributed by atoms with E-state index in [1.54, 1.807) is 0 Å². The van der Waals surface area contributed by atoms with E-state index in [-0.39, 0.29) is 23.3 Å². The lowest BCUT2D eigenvalue weighted by Gasteiger charge is -2.16. The largest absolute Gasteiger partial charge is 0.353 e. The lowest BCUT2D eigenvalue weighted by atomic mass is 10.1. The fourth-order valence-corrected chi connectivity index (χ4v) is 1.99. The highest BCUT2D eigenvalue weighted by molar-refractivity contribution is 6.17. The van der Waals surface area contributed by atoms with Crippen molar-refractivity contribution in [2.24, 2.45) is 11.3 Å². The molecule has 1 fully saturated rings. The number of hydrogen-bond acceptors (Lipinski definition) is 1. The minimum Gasteiger partial charge on any atom is -0.353 e. The van der Waals surface area contributed by atoms with Crippen LogP contribution in [0.25, 0.3) is 0 Å². The molecule has 0 saturated heterocycles. The van der Waals surface area contributed by atoms with E-state index < -0.39 is 0 Å². The maximum Gasteiger partial charge on any atom is 0.223 e. The number of nitrogens with one attached hydrogen (secondary N) is 1. The van der Waals surface area contributed by atoms with Crippen LogP contribution in [-0.2, 0) is 4.79 Å². The summed E-state index contributed by atoms with van der Waals surface area (Å²) in [5.41, 5.74) is 0.226. The molecule has 1 rings (SSSR count). The van der Waals surface area contributed by atoms with Crippen LogP contribution < -0.4 is 5.32 Å². The molecule has 14 heavy (non-hydrogen) atoms. The Kier molecular flexibility index (Phi) is 3.82. The molecule has 1 N–H and O–H groups in total. The summed E-state index contributed by atoms with van der Waals surface area (Å²) in [5.74, 6) is 1.06. The second-order valence-electron chi connectivity index (χ2n) is 4.84. The van der Waals surface area contributed by atoms with Gasteiger partial charge in [0.1, 0.15) is 0 Å². The zero-order valence-corrected chi connectivity index (χ0v) is 10.0. The Labute approximate surface area is 91.4 Å². The predicted molar refractivity (Wildman–Crippen MR) is 59.4 cm³/mol. The highest BCUT2D eigenvalue weighted by Crippen LogP contribution is 2.51. The van der Waals surface area contributed by atoms with Crippen molar-refractivity contribution in [3.05, 3.63) is 0 Å². The molecule has 0 spiro atoms. The zero-order valence-electron chi connectivity index (χ0n) is 9.27. The number of carbonyl (C=O) groups excluding carboxylic acids is 1. The Morgan fingerprint density at radius 2 is 2.21 bits per heavy atom. The molecule has 0 aromatic carbocycles. The van der Waals surface area contributed by atoms with Gasteiger partial charge in [-0.25, -0.2) is 0 Å². The fraction of sp³-hybridized carbons (Fsp3) is 0.909. The molecule has 2 atom stereocenters. The van der Waals surface area contributed by atoms with Crippen molar-refractivity contribution in [3.63, 3.8) is 0 Å². The van der Waals surface area contributed by atoms with E-state index in [0.717, 1.165) is 19.3 Å². The molecule has 0 aromatic rings. The lowest BCUT2D eigenvalue weighted by molar-refractivity contribution is -0.123. The summed E-state index contributed by atoms with van der Waals surface area (Å²) in [5, 5.41) is 3.06. The molecule has 0 radical (unpaired) electrons. The molecule has 0 aliphatic heterocycles. The van der Waals surface area contributed by atoms with Crippen LogP contribution >= 0.6 is 11.6 Å². The van der Waals surface area contributed by atoms with E-state index in [1.807, 2.05) is 0 Å². The van der Waals surface area contributed by atoms with Crippen LogP contribution in [0.3, 0.4) is 0 Å². The van der Waals surface area contributed by atoms with Gasteiger partial charge < -0.3 is 5.32 Å². The first kappa shape index (κ1) is 11.8. The Balaban J connectivity index is 2.33. The third-order valence-electron chi connectivity index (χ3n) is 3.13. The van der Waals surface area contributed by atoms with Gasteiger partial charge in [-0.1, -0.05) is 20.8 Å². The van der Waals surface area contributed by atoms with Gasteiger partial charge in [0.05, 0.1) is 0 Å². The predicted octanol–water partition coefficient (Wildman–Crippen LogP) is 2.56. The minimum atomic E-state index is 0.215. The van der Waals surface area contributed by atoms with Gasteiger partial charge in [-0.05, 0) is 24.7 Å². The van der Waals surface area contributed by atoms with Gasteiger partial charge in [-0.3, -0.25) is 4.79 Å². The second-order valence-corrected chi connectivity index (χ2v) is 5.21. The summed E-state index contributed by atoms with van der Waals surface area (Å²) < 4.78 is 0. The van der Waals surface area contributed by atoms with E-state index >= 15 is 0 Å². The fourth-order valence-electron chi connectivity index (χ4n) is 1.73. The monoisotopic (exact) mass is 217 g/mol. The molecule has 0 aromatic heterocycles. The molecule has 82 valence electrons. The minimum absolute atomic E-state index is 0.215. The van der Waals surface area contributed by atoms with Gasteiger partial charge in [0.15, 0.2) is 0 Å². The number of alkyl halides is 1. The van der Waals surface area contributed by atoms with Crippen LogP contribution in [0.5, 0.6) is 0 Å². The van der Waals surface area contributed by atoms with Crippen molar-refractivity contribution in [2.45, 2.75) is 46.1 Å². The number of amides is 1. The standard InChI is InChI=1S/C11H20ClNO/c1-4-8(5-6-12)13-10(14)9-7-11(9,2)3/h8-9H,4-7H2,1-3H3,(H,13,14). The Bertz CT molecular complexity index is 215. The third kappa shape index (κ3) is 2.88. The third-order valence-corrected chi connectivity index (χ3v) is 3.34. The summed E-state index contributed by atoms with van der Waals surface area (Å²) in [6.45, 7) is 6.36. The van der Waals surface area contributed by atoms with Gasteiger partial charge in [0.2, 0.25) is 5.91 Å². The van der Waals surface area contributed by atoms with E-state index in [0.29, 0.717) is 5.88 Å². The first-order chi connectivity index (χ1) is 6.51. The van der Waals surface area contributed by atoms with Crippen molar-refractivity contribution < 1.29 is 4.79 Å². The van der Waals surface area contributed by atoms with E-state index in [9.17, 15) is 4.79 Å². The molecule has 0 bridgehead atoms. The van der Waals surface area contributed by atoms with Crippen LogP contribution in [-0.4, -0.2) is 17.8 Å². The molecule has 1 aliphatic carbocycles. The van der Waals surface area contributed by atoms with Crippen molar-refractivity contribution in [3.8, 4) is 0 Å². The summed E-state index contributed by atoms with van der Waals surface area (Å²) in [6, 6.07) is 0.261. The molecule has 1 saturated carbocycles. The Morgan fingerprint density at radius 3 is 2.57 bits per heavy atom. The molecule has 1 aliphatic rings. The van der Waals surface area contributed by atoms with Crippen LogP contribution in [0.15, 0.2) is 0 Å². The van der Waals surface area contributed by atoms with Crippen LogP contribution in [0.1, 0.15) is 40.0 Å². The smallest absolute Gasteiger partial charge is 0.223 e. The van der Waals surface area contributed by atoms with Gasteiger partial charge in [0, 0.05) is 17.8 Å². The van der Waals surface area contributed by atoms with Gasteiger partial charge in [0.25, 0.3) is 0 Å². The van der Waals surface area contributed by atoms with E-state index in [2.05, 4.69) is 26.1 Å². The van der Waals surface area contributed by atoms with E-state index in [4.69, 9.17) is 11.6 Å². The molecular formula is C11H20ClNO. The molecule has 1 amide bonds. The summed E-state index contributed by atoms with van der Waals surface area (Å²) in [7, 11) is 0. The van der Waals surface area contributed by atoms with Crippen molar-refractivity contribution >= 4 is 17.5 Å². The average Bonchev–Trinajstić information content (AvgIpc) is 2.74. The number of halogens is 1. The van der Waals surface area contributed by atoms with Gasteiger partial charge >= 0.3 is 0 Å². The maximum absolute atomic E-state index is 11.7. The highest BCUT2D eigenvalue weighted by atomic mass is 35.5. The SMILES string of the molecule is CCC(CCCl)NC(=O)C1CC1(C)C. The highest BCUT2D eigenvalue weighted by Gasteiger charge is 2.50. The molecular weight excluding hydrogens is 198 g/mol. The van der Waals surface area contributed by atoms with Gasteiger partial charge in [-0.2, -0.15) is 0 Å². The molecule has 3 heteroatoms. The topological polar surface area (TPSA) is 29.1 Å². The van der Waals surface area contributed by atoms with Crippen molar-refractivity contribution in [2.75, 3.05) is 5.88 Å². The molecule has 2 nitrogen and oxygen atoms in total. The first-order valence-electron chi connectivity index (χ1n) is 5.37. The van der Waals surface area contributed by atoms with E-state index in [1.165, 1.54) is 0 Å². The summed E-state index contributed by atoms with van der Waals surface area (Å²) in [4.78, 5) is 11.7. The second kappa shape index (κ2) is 4.52. The number of rotatable bonds is 5. The Hall–Kier alpha value is -0.240. The average molecular weight is 218 g/mol. The quantitative estimate of drug-likeness (QED) is 0.705. The number of carbonyl (C=O) groups is 1. The first-order valence-corrected chi connectivity index (χ1v) is 5.91. The molecule has 0 heterocycles. The normalized spacial score (nSPS) is 25.6. The van der Waals surface area contributed by atoms with Crippen LogP contribution in [0.4, 0.5) is 0 Å². The van der Waals surface area contributed by atoms with Crippen LogP contribution in [0, 0.1) is 11.3 Å². The molecule has 2 unspecified atom stereocenters. The van der Waals surface area contributed by atoms with Crippen molar-refractivity contribution in [1.29, 1.82) is 0 Å².